The van der Waals surface area contributed by atoms with Crippen molar-refractivity contribution < 1.29 is 60.1 Å². The van der Waals surface area contributed by atoms with Crippen molar-refractivity contribution in [2.45, 2.75) is 50.6 Å². The van der Waals surface area contributed by atoms with Crippen molar-refractivity contribution in [3.63, 3.8) is 0 Å². The van der Waals surface area contributed by atoms with Gasteiger partial charge < -0.3 is 20.5 Å². The summed E-state index contributed by atoms with van der Waals surface area (Å²) in [5, 5.41) is 3.41. The van der Waals surface area contributed by atoms with Crippen LogP contribution in [0, 0.1) is 6.92 Å². The van der Waals surface area contributed by atoms with Gasteiger partial charge in [0, 0.05) is 42.2 Å². The van der Waals surface area contributed by atoms with Crippen LogP contribution in [0.2, 0.25) is 0 Å². The molecule has 1 aliphatic carbocycles. The fourth-order valence-corrected chi connectivity index (χ4v) is 8.10. The van der Waals surface area contributed by atoms with Gasteiger partial charge in [-0.25, -0.2) is 13.0 Å². The first-order valence-corrected chi connectivity index (χ1v) is 21.4. The molecule has 0 fully saturated rings. The summed E-state index contributed by atoms with van der Waals surface area (Å²) in [6.07, 6.45) is 6.33. The van der Waals surface area contributed by atoms with Crippen molar-refractivity contribution in [1.82, 2.24) is 0 Å². The van der Waals surface area contributed by atoms with E-state index in [9.17, 15) is 25.9 Å². The SMILES string of the molecule is CCN(Cc1cccc(S(=O)(=O)[O-])c1)c1ccc(C(=C2C=CC(=[N+](CC)Cc3cccc(S(=O)(=O)O)c3)C=C2C)c2ccc(Nc3ccccc3N)cc2)c(C)c1.[Na+]. The van der Waals surface area contributed by atoms with Crippen LogP contribution in [0.25, 0.3) is 5.57 Å². The first-order valence-electron chi connectivity index (χ1n) is 18.6. The summed E-state index contributed by atoms with van der Waals surface area (Å²) in [6.45, 7) is 10.4. The molecule has 0 aliphatic heterocycles. The number of aryl methyl sites for hydroxylation is 1. The average Bonchev–Trinajstić information content (AvgIpc) is 3.18. The van der Waals surface area contributed by atoms with E-state index in [0.29, 0.717) is 31.9 Å². The number of allylic oxidation sites excluding steroid dienone is 5. The molecule has 58 heavy (non-hydrogen) atoms. The number of anilines is 4. The molecule has 6 rings (SSSR count). The van der Waals surface area contributed by atoms with Gasteiger partial charge in [0.05, 0.1) is 21.2 Å². The van der Waals surface area contributed by atoms with E-state index in [4.69, 9.17) is 5.73 Å². The zero-order chi connectivity index (χ0) is 40.9. The summed E-state index contributed by atoms with van der Waals surface area (Å²) in [6, 6.07) is 34.7. The van der Waals surface area contributed by atoms with Crippen LogP contribution in [0.1, 0.15) is 48.6 Å². The largest absolute Gasteiger partial charge is 1.00 e. The van der Waals surface area contributed by atoms with Gasteiger partial charge in [-0.3, -0.25) is 4.55 Å². The van der Waals surface area contributed by atoms with Crippen LogP contribution < -0.4 is 45.5 Å². The summed E-state index contributed by atoms with van der Waals surface area (Å²) < 4.78 is 70.5. The smallest absolute Gasteiger partial charge is 0.744 e. The second-order valence-corrected chi connectivity index (χ2v) is 16.7. The van der Waals surface area contributed by atoms with Crippen molar-refractivity contribution >= 4 is 54.3 Å². The third-order valence-electron chi connectivity index (χ3n) is 10.00. The molecule has 13 heteroatoms. The molecule has 4 N–H and O–H groups in total. The fourth-order valence-electron chi connectivity index (χ4n) is 7.01. The Morgan fingerprint density at radius 2 is 1.48 bits per heavy atom. The Morgan fingerprint density at radius 3 is 2.10 bits per heavy atom. The number of para-hydroxylation sites is 2. The van der Waals surface area contributed by atoms with Crippen LogP contribution in [0.3, 0.4) is 0 Å². The molecule has 0 saturated carbocycles. The topological polar surface area (TPSA) is 156 Å². The number of hydrogen-bond acceptors (Lipinski definition) is 8. The van der Waals surface area contributed by atoms with E-state index in [2.05, 4.69) is 77.2 Å². The zero-order valence-electron chi connectivity index (χ0n) is 33.3. The molecular formula is C45H46N4NaO6S2+. The Morgan fingerprint density at radius 1 is 0.810 bits per heavy atom. The molecule has 0 amide bonds. The van der Waals surface area contributed by atoms with Crippen molar-refractivity contribution in [1.29, 1.82) is 0 Å². The van der Waals surface area contributed by atoms with Crippen LogP contribution in [-0.4, -0.2) is 49.3 Å². The number of nitrogens with one attached hydrogen (secondary N) is 1. The number of rotatable bonds is 13. The predicted molar refractivity (Wildman–Crippen MR) is 228 cm³/mol. The summed E-state index contributed by atoms with van der Waals surface area (Å²) >= 11 is 0. The van der Waals surface area contributed by atoms with Crippen molar-refractivity contribution in [3.8, 4) is 0 Å². The molecule has 5 aromatic carbocycles. The third-order valence-corrected chi connectivity index (χ3v) is 11.7. The van der Waals surface area contributed by atoms with Gasteiger partial charge in [0.2, 0.25) is 0 Å². The van der Waals surface area contributed by atoms with E-state index in [1.165, 1.54) is 24.3 Å². The number of nitrogens with zero attached hydrogens (tertiary/aromatic N) is 2. The molecule has 0 spiro atoms. The van der Waals surface area contributed by atoms with E-state index >= 15 is 0 Å². The first-order chi connectivity index (χ1) is 27.1. The minimum atomic E-state index is -4.57. The van der Waals surface area contributed by atoms with E-state index in [1.54, 1.807) is 12.1 Å². The Hall–Kier alpha value is -4.79. The van der Waals surface area contributed by atoms with Gasteiger partial charge in [-0.05, 0) is 133 Å². The Balaban J connectivity index is 0.00000641. The van der Waals surface area contributed by atoms with Gasteiger partial charge in [-0.15, -0.1) is 0 Å². The zero-order valence-corrected chi connectivity index (χ0v) is 36.9. The maximum Gasteiger partial charge on any atom is 1.00 e. The van der Waals surface area contributed by atoms with E-state index in [1.807, 2.05) is 62.4 Å². The Labute approximate surface area is 363 Å². The quantitative estimate of drug-likeness (QED) is 0.0605. The molecule has 0 atom stereocenters. The standard InChI is InChI=1S/C45H46N4O6S2.Na/c1-5-48(29-33-11-9-13-39(27-33)56(50,51)52)37-21-23-41(31(3)25-37)45(35-17-19-36(20-18-35)47-44-16-8-7-15-43(44)46)42-24-22-38(26-32(42)4)49(6-2)30-34-12-10-14-40(28-34)57(53,54)55;/h7-28H,5-6,29-30,46H2,1-4H3,(H2,50,51,52,53,54,55);/q;+1. The number of nitrogen functional groups attached to an aromatic ring is 1. The van der Waals surface area contributed by atoms with Crippen LogP contribution in [-0.2, 0) is 33.3 Å². The van der Waals surface area contributed by atoms with Crippen molar-refractivity contribution in [3.05, 3.63) is 172 Å². The number of benzene rings is 5. The fraction of sp³-hybridized carbons (Fsp3) is 0.178. The van der Waals surface area contributed by atoms with Gasteiger partial charge in [-0.1, -0.05) is 54.6 Å². The van der Waals surface area contributed by atoms with E-state index in [-0.39, 0.29) is 39.3 Å². The Kier molecular flexibility index (Phi) is 14.4. The number of nitrogens with two attached hydrogens (primary N) is 1. The molecule has 10 nitrogen and oxygen atoms in total. The molecule has 294 valence electrons. The molecule has 0 radical (unpaired) electrons. The maximum absolute atomic E-state index is 11.8. The van der Waals surface area contributed by atoms with Gasteiger partial charge in [0.1, 0.15) is 16.7 Å². The number of hydrogen-bond donors (Lipinski definition) is 3. The van der Waals surface area contributed by atoms with Crippen LogP contribution >= 0.6 is 0 Å². The van der Waals surface area contributed by atoms with Crippen LogP contribution in [0.4, 0.5) is 22.7 Å². The molecule has 0 unspecified atom stereocenters. The van der Waals surface area contributed by atoms with Crippen molar-refractivity contribution in [2.24, 2.45) is 0 Å². The van der Waals surface area contributed by atoms with Crippen LogP contribution in [0.5, 0.6) is 0 Å². The molecular weight excluding hydrogens is 780 g/mol. The molecule has 1 aliphatic rings. The van der Waals surface area contributed by atoms with Crippen molar-refractivity contribution in [2.75, 3.05) is 29.0 Å². The first kappa shape index (κ1) is 44.3. The molecule has 5 aromatic rings. The minimum Gasteiger partial charge on any atom is -0.744 e. The summed E-state index contributed by atoms with van der Waals surface area (Å²) in [5.74, 6) is 0. The molecule has 0 heterocycles. The third kappa shape index (κ3) is 10.6. The maximum atomic E-state index is 11.8. The molecule has 0 bridgehead atoms. The van der Waals surface area contributed by atoms with Gasteiger partial charge in [0.25, 0.3) is 10.1 Å². The second-order valence-electron chi connectivity index (χ2n) is 13.9. The molecule has 0 saturated heterocycles. The summed E-state index contributed by atoms with van der Waals surface area (Å²) in [7, 11) is -8.90. The normalized spacial score (nSPS) is 14.6. The Bertz CT molecular complexity index is 2670. The average molecular weight is 826 g/mol. The summed E-state index contributed by atoms with van der Waals surface area (Å²) in [5.41, 5.74) is 18.2. The monoisotopic (exact) mass is 825 g/mol. The predicted octanol–water partition coefficient (Wildman–Crippen LogP) is 5.49. The van der Waals surface area contributed by atoms with Gasteiger partial charge in [-0.2, -0.15) is 8.42 Å². The van der Waals surface area contributed by atoms with Gasteiger partial charge >= 0.3 is 29.6 Å². The van der Waals surface area contributed by atoms with E-state index in [0.717, 1.165) is 67.3 Å². The summed E-state index contributed by atoms with van der Waals surface area (Å²) in [4.78, 5) is 1.75. The molecule has 0 aromatic heterocycles. The van der Waals surface area contributed by atoms with E-state index < -0.39 is 20.2 Å². The van der Waals surface area contributed by atoms with Gasteiger partial charge in [0.15, 0.2) is 12.3 Å². The minimum absolute atomic E-state index is 0. The second kappa shape index (κ2) is 18.9. The van der Waals surface area contributed by atoms with Crippen LogP contribution in [0.15, 0.2) is 154 Å².